The average molecular weight is 316 g/mol. The molecular formula is C14H25N2O4P. The van der Waals surface area contributed by atoms with Crippen LogP contribution in [0.3, 0.4) is 0 Å². The lowest BCUT2D eigenvalue weighted by molar-refractivity contribution is 0.220. The van der Waals surface area contributed by atoms with E-state index in [9.17, 15) is 4.57 Å². The van der Waals surface area contributed by atoms with Gasteiger partial charge < -0.3 is 24.8 Å². The molecule has 1 aromatic carbocycles. The number of methoxy groups -OCH3 is 1. The molecule has 7 heteroatoms. The third kappa shape index (κ3) is 5.96. The van der Waals surface area contributed by atoms with E-state index in [1.54, 1.807) is 13.2 Å². The molecule has 3 N–H and O–H groups in total. The maximum absolute atomic E-state index is 12.3. The first kappa shape index (κ1) is 17.8. The van der Waals surface area contributed by atoms with Gasteiger partial charge in [0.1, 0.15) is 5.75 Å². The predicted molar refractivity (Wildman–Crippen MR) is 86.2 cm³/mol. The Labute approximate surface area is 126 Å². The summed E-state index contributed by atoms with van der Waals surface area (Å²) < 4.78 is 27.8. The second-order valence-electron chi connectivity index (χ2n) is 4.40. The molecule has 0 unspecified atom stereocenters. The van der Waals surface area contributed by atoms with Crippen LogP contribution in [-0.2, 0) is 13.6 Å². The van der Waals surface area contributed by atoms with Crippen molar-refractivity contribution in [1.82, 2.24) is 0 Å². The van der Waals surface area contributed by atoms with Gasteiger partial charge in [0, 0.05) is 12.6 Å². The van der Waals surface area contributed by atoms with E-state index in [1.807, 2.05) is 26.0 Å². The molecule has 0 saturated heterocycles. The van der Waals surface area contributed by atoms with Crippen molar-refractivity contribution >= 4 is 19.0 Å². The van der Waals surface area contributed by atoms with Crippen molar-refractivity contribution in [1.29, 1.82) is 0 Å². The summed E-state index contributed by atoms with van der Waals surface area (Å²) in [6.07, 6.45) is 1.06. The molecule has 0 aromatic heterocycles. The number of ether oxygens (including phenoxy) is 1. The minimum Gasteiger partial charge on any atom is -0.497 e. The molecule has 0 bridgehead atoms. The van der Waals surface area contributed by atoms with Gasteiger partial charge in [0.15, 0.2) is 0 Å². The summed E-state index contributed by atoms with van der Waals surface area (Å²) in [6, 6.07) is 5.45. The first-order valence-electron chi connectivity index (χ1n) is 7.10. The summed E-state index contributed by atoms with van der Waals surface area (Å²) in [7, 11) is -1.36. The lowest BCUT2D eigenvalue weighted by Crippen LogP contribution is -2.08. The SMILES string of the molecule is CCOP(=O)(CCCNc1ccc(OC)cc1N)OCC. The van der Waals surface area contributed by atoms with E-state index < -0.39 is 7.60 Å². The molecule has 0 aliphatic carbocycles. The summed E-state index contributed by atoms with van der Waals surface area (Å²) in [6.45, 7) is 5.02. The zero-order valence-electron chi connectivity index (χ0n) is 12.9. The van der Waals surface area contributed by atoms with Gasteiger partial charge in [-0.05, 0) is 32.4 Å². The smallest absolute Gasteiger partial charge is 0.330 e. The Morgan fingerprint density at radius 2 is 1.90 bits per heavy atom. The third-order valence-electron chi connectivity index (χ3n) is 2.83. The van der Waals surface area contributed by atoms with Gasteiger partial charge >= 0.3 is 7.60 Å². The third-order valence-corrected chi connectivity index (χ3v) is 5.00. The Bertz CT molecular complexity index is 472. The molecule has 0 heterocycles. The van der Waals surface area contributed by atoms with Gasteiger partial charge in [0.2, 0.25) is 0 Å². The molecule has 0 aliphatic rings. The van der Waals surface area contributed by atoms with Crippen LogP contribution < -0.4 is 15.8 Å². The number of hydrogen-bond acceptors (Lipinski definition) is 6. The van der Waals surface area contributed by atoms with Crippen LogP contribution in [0.5, 0.6) is 5.75 Å². The molecule has 1 rings (SSSR count). The van der Waals surface area contributed by atoms with Gasteiger partial charge in [-0.15, -0.1) is 0 Å². The Kier molecular flexibility index (Phi) is 7.57. The Morgan fingerprint density at radius 1 is 1.24 bits per heavy atom. The molecule has 0 spiro atoms. The van der Waals surface area contributed by atoms with Crippen LogP contribution in [0, 0.1) is 0 Å². The maximum atomic E-state index is 12.3. The van der Waals surface area contributed by atoms with E-state index in [0.717, 1.165) is 11.4 Å². The Hall–Kier alpha value is -1.23. The quantitative estimate of drug-likeness (QED) is 0.391. The number of nitrogens with one attached hydrogen (secondary N) is 1. The van der Waals surface area contributed by atoms with Crippen molar-refractivity contribution in [2.75, 3.05) is 44.1 Å². The summed E-state index contributed by atoms with van der Waals surface area (Å²) in [5.74, 6) is 0.718. The Morgan fingerprint density at radius 3 is 2.43 bits per heavy atom. The van der Waals surface area contributed by atoms with E-state index >= 15 is 0 Å². The second-order valence-corrected chi connectivity index (χ2v) is 6.59. The van der Waals surface area contributed by atoms with Gasteiger partial charge in [0.25, 0.3) is 0 Å². The molecule has 1 aromatic rings. The fourth-order valence-corrected chi connectivity index (χ4v) is 3.55. The minimum absolute atomic E-state index is 0.385. The molecular weight excluding hydrogens is 291 g/mol. The molecule has 0 atom stereocenters. The van der Waals surface area contributed by atoms with Crippen molar-refractivity contribution in [2.45, 2.75) is 20.3 Å². The number of anilines is 2. The number of benzene rings is 1. The standard InChI is InChI=1S/C14H25N2O4P/c1-4-19-21(17,20-5-2)10-6-9-16-14-8-7-12(18-3)11-13(14)15/h7-8,11,16H,4-6,9-10,15H2,1-3H3. The normalized spacial score (nSPS) is 11.4. The number of hydrogen-bond donors (Lipinski definition) is 2. The van der Waals surface area contributed by atoms with Gasteiger partial charge in [-0.2, -0.15) is 0 Å². The highest BCUT2D eigenvalue weighted by molar-refractivity contribution is 7.53. The number of nitrogens with two attached hydrogens (primary N) is 1. The van der Waals surface area contributed by atoms with E-state index in [-0.39, 0.29) is 0 Å². The van der Waals surface area contributed by atoms with Crippen molar-refractivity contribution < 1.29 is 18.3 Å². The Balaban J connectivity index is 2.44. The zero-order chi connectivity index (χ0) is 15.7. The first-order valence-corrected chi connectivity index (χ1v) is 8.83. The molecule has 120 valence electrons. The molecule has 21 heavy (non-hydrogen) atoms. The van der Waals surface area contributed by atoms with Crippen molar-refractivity contribution in [3.8, 4) is 5.75 Å². The molecule has 0 aliphatic heterocycles. The van der Waals surface area contributed by atoms with Crippen LogP contribution in [-0.4, -0.2) is 33.0 Å². The molecule has 0 radical (unpaired) electrons. The van der Waals surface area contributed by atoms with Gasteiger partial charge in [0.05, 0.1) is 37.9 Å². The first-order chi connectivity index (χ1) is 10.0. The summed E-state index contributed by atoms with van der Waals surface area (Å²) in [5.41, 5.74) is 7.36. The van der Waals surface area contributed by atoms with E-state index in [0.29, 0.717) is 38.0 Å². The second kappa shape index (κ2) is 8.93. The van der Waals surface area contributed by atoms with Crippen LogP contribution >= 0.6 is 7.60 Å². The topological polar surface area (TPSA) is 82.8 Å². The lowest BCUT2D eigenvalue weighted by atomic mass is 10.2. The van der Waals surface area contributed by atoms with Crippen molar-refractivity contribution in [3.05, 3.63) is 18.2 Å². The predicted octanol–water partition coefficient (Wildman–Crippen LogP) is 3.35. The minimum atomic E-state index is -2.96. The highest BCUT2D eigenvalue weighted by atomic mass is 31.2. The van der Waals surface area contributed by atoms with Gasteiger partial charge in [-0.3, -0.25) is 4.57 Å². The number of rotatable bonds is 10. The molecule has 0 fully saturated rings. The van der Waals surface area contributed by atoms with Crippen LogP contribution in [0.1, 0.15) is 20.3 Å². The summed E-state index contributed by atoms with van der Waals surface area (Å²) in [5, 5.41) is 3.21. The highest BCUT2D eigenvalue weighted by Gasteiger charge is 2.22. The van der Waals surface area contributed by atoms with Gasteiger partial charge in [-0.25, -0.2) is 0 Å². The fourth-order valence-electron chi connectivity index (χ4n) is 1.88. The number of nitrogen functional groups attached to an aromatic ring is 1. The van der Waals surface area contributed by atoms with Gasteiger partial charge in [-0.1, -0.05) is 0 Å². The largest absolute Gasteiger partial charge is 0.497 e. The zero-order valence-corrected chi connectivity index (χ0v) is 13.8. The lowest BCUT2D eigenvalue weighted by Gasteiger charge is -2.17. The summed E-state index contributed by atoms with van der Waals surface area (Å²) >= 11 is 0. The van der Waals surface area contributed by atoms with Crippen LogP contribution in [0.2, 0.25) is 0 Å². The van der Waals surface area contributed by atoms with E-state index in [1.165, 1.54) is 0 Å². The van der Waals surface area contributed by atoms with Crippen LogP contribution in [0.4, 0.5) is 11.4 Å². The average Bonchev–Trinajstić information content (AvgIpc) is 2.45. The van der Waals surface area contributed by atoms with Crippen molar-refractivity contribution in [2.24, 2.45) is 0 Å². The molecule has 0 amide bonds. The van der Waals surface area contributed by atoms with E-state index in [2.05, 4.69) is 5.32 Å². The van der Waals surface area contributed by atoms with E-state index in [4.69, 9.17) is 19.5 Å². The monoisotopic (exact) mass is 316 g/mol. The van der Waals surface area contributed by atoms with Crippen molar-refractivity contribution in [3.63, 3.8) is 0 Å². The molecule has 6 nitrogen and oxygen atoms in total. The fraction of sp³-hybridized carbons (Fsp3) is 0.571. The maximum Gasteiger partial charge on any atom is 0.330 e. The van der Waals surface area contributed by atoms with Crippen LogP contribution in [0.25, 0.3) is 0 Å². The molecule has 0 saturated carbocycles. The summed E-state index contributed by atoms with van der Waals surface area (Å²) in [4.78, 5) is 0. The van der Waals surface area contributed by atoms with Crippen LogP contribution in [0.15, 0.2) is 18.2 Å². The highest BCUT2D eigenvalue weighted by Crippen LogP contribution is 2.48.